The summed E-state index contributed by atoms with van der Waals surface area (Å²) < 4.78 is 6.19. The Labute approximate surface area is 131 Å². The van der Waals surface area contributed by atoms with Gasteiger partial charge in [0.1, 0.15) is 5.75 Å². The van der Waals surface area contributed by atoms with Gasteiger partial charge < -0.3 is 15.4 Å². The van der Waals surface area contributed by atoms with Crippen molar-refractivity contribution in [2.45, 2.75) is 13.1 Å². The van der Waals surface area contributed by atoms with Crippen LogP contribution in [0.4, 0.5) is 5.69 Å². The Bertz CT molecular complexity index is 715. The van der Waals surface area contributed by atoms with Crippen molar-refractivity contribution in [2.75, 3.05) is 12.8 Å². The van der Waals surface area contributed by atoms with E-state index in [1.54, 1.807) is 24.1 Å². The molecule has 0 radical (unpaired) electrons. The van der Waals surface area contributed by atoms with Crippen molar-refractivity contribution in [3.05, 3.63) is 57.6 Å². The lowest BCUT2D eigenvalue weighted by Gasteiger charge is -2.17. The van der Waals surface area contributed by atoms with Crippen molar-refractivity contribution >= 4 is 27.5 Å². The molecule has 2 N–H and O–H groups in total. The minimum atomic E-state index is -0.0332. The Morgan fingerprint density at radius 1 is 1.19 bits per heavy atom. The SMILES string of the molecule is COc1cc(Br)ccc1C(=O)N1Cc2ccc(N)cc2C1. The van der Waals surface area contributed by atoms with Crippen molar-refractivity contribution in [1.82, 2.24) is 4.90 Å². The molecule has 1 aliphatic rings. The van der Waals surface area contributed by atoms with Crippen LogP contribution in [0.2, 0.25) is 0 Å². The Hall–Kier alpha value is -2.01. The van der Waals surface area contributed by atoms with Gasteiger partial charge in [-0.1, -0.05) is 22.0 Å². The highest BCUT2D eigenvalue weighted by molar-refractivity contribution is 9.10. The average Bonchev–Trinajstić information content (AvgIpc) is 2.89. The number of anilines is 1. The fraction of sp³-hybridized carbons (Fsp3) is 0.188. The first-order chi connectivity index (χ1) is 10.1. The third-order valence-electron chi connectivity index (χ3n) is 3.63. The zero-order valence-electron chi connectivity index (χ0n) is 11.6. The van der Waals surface area contributed by atoms with Crippen LogP contribution >= 0.6 is 15.9 Å². The number of hydrogen-bond acceptors (Lipinski definition) is 3. The van der Waals surface area contributed by atoms with Crippen LogP contribution in [0, 0.1) is 0 Å². The highest BCUT2D eigenvalue weighted by Gasteiger charge is 2.26. The molecule has 0 bridgehead atoms. The second-order valence-corrected chi connectivity index (χ2v) is 5.95. The fourth-order valence-corrected chi connectivity index (χ4v) is 2.91. The monoisotopic (exact) mass is 346 g/mol. The summed E-state index contributed by atoms with van der Waals surface area (Å²) in [7, 11) is 1.57. The van der Waals surface area contributed by atoms with E-state index in [1.807, 2.05) is 24.3 Å². The first kappa shape index (κ1) is 13.9. The molecule has 0 fully saturated rings. The van der Waals surface area contributed by atoms with Gasteiger partial charge in [-0.15, -0.1) is 0 Å². The van der Waals surface area contributed by atoms with E-state index >= 15 is 0 Å². The zero-order chi connectivity index (χ0) is 15.0. The van der Waals surface area contributed by atoms with Crippen LogP contribution in [0.5, 0.6) is 5.75 Å². The van der Waals surface area contributed by atoms with E-state index in [4.69, 9.17) is 10.5 Å². The summed E-state index contributed by atoms with van der Waals surface area (Å²) in [5.74, 6) is 0.541. The van der Waals surface area contributed by atoms with Crippen LogP contribution in [0.15, 0.2) is 40.9 Å². The van der Waals surface area contributed by atoms with Gasteiger partial charge in [-0.2, -0.15) is 0 Å². The molecule has 0 atom stereocenters. The van der Waals surface area contributed by atoms with Gasteiger partial charge in [0.25, 0.3) is 5.91 Å². The molecule has 5 heteroatoms. The van der Waals surface area contributed by atoms with Crippen LogP contribution in [0.25, 0.3) is 0 Å². The number of hydrogen-bond donors (Lipinski definition) is 1. The van der Waals surface area contributed by atoms with E-state index in [0.29, 0.717) is 24.4 Å². The summed E-state index contributed by atoms with van der Waals surface area (Å²) in [5, 5.41) is 0. The number of carbonyl (C=O) groups excluding carboxylic acids is 1. The number of benzene rings is 2. The standard InChI is InChI=1S/C16H15BrN2O2/c1-21-15-7-12(17)3-5-14(15)16(20)19-8-10-2-4-13(18)6-11(10)9-19/h2-7H,8-9,18H2,1H3. The van der Waals surface area contributed by atoms with Gasteiger partial charge in [-0.05, 0) is 41.5 Å². The molecule has 0 aliphatic carbocycles. The number of amides is 1. The van der Waals surface area contributed by atoms with Crippen LogP contribution in [-0.4, -0.2) is 17.9 Å². The first-order valence-electron chi connectivity index (χ1n) is 6.58. The van der Waals surface area contributed by atoms with Crippen LogP contribution < -0.4 is 10.5 Å². The van der Waals surface area contributed by atoms with Gasteiger partial charge in [0, 0.05) is 23.2 Å². The first-order valence-corrected chi connectivity index (χ1v) is 7.38. The number of carbonyl (C=O) groups is 1. The normalized spacial score (nSPS) is 13.1. The number of nitrogen functional groups attached to an aromatic ring is 1. The van der Waals surface area contributed by atoms with Gasteiger partial charge in [0.05, 0.1) is 12.7 Å². The molecule has 2 aromatic carbocycles. The summed E-state index contributed by atoms with van der Waals surface area (Å²) in [6.45, 7) is 1.19. The Balaban J connectivity index is 1.88. The predicted octanol–water partition coefficient (Wildman–Crippen LogP) is 3.20. The minimum absolute atomic E-state index is 0.0332. The quantitative estimate of drug-likeness (QED) is 0.849. The van der Waals surface area contributed by atoms with E-state index in [-0.39, 0.29) is 5.91 Å². The van der Waals surface area contributed by atoms with Crippen LogP contribution in [0.3, 0.4) is 0 Å². The lowest BCUT2D eigenvalue weighted by atomic mass is 10.1. The van der Waals surface area contributed by atoms with E-state index < -0.39 is 0 Å². The Kier molecular flexibility index (Phi) is 3.59. The summed E-state index contributed by atoms with van der Waals surface area (Å²) in [4.78, 5) is 14.5. The number of rotatable bonds is 2. The van der Waals surface area contributed by atoms with Gasteiger partial charge in [0.15, 0.2) is 0 Å². The molecule has 21 heavy (non-hydrogen) atoms. The molecule has 1 heterocycles. The number of nitrogens with two attached hydrogens (primary N) is 1. The number of methoxy groups -OCH3 is 1. The molecular weight excluding hydrogens is 332 g/mol. The molecule has 3 rings (SSSR count). The van der Waals surface area contributed by atoms with Crippen molar-refractivity contribution in [3.63, 3.8) is 0 Å². The third kappa shape index (κ3) is 2.61. The van der Waals surface area contributed by atoms with Gasteiger partial charge >= 0.3 is 0 Å². The van der Waals surface area contributed by atoms with Gasteiger partial charge in [-0.3, -0.25) is 4.79 Å². The molecule has 0 unspecified atom stereocenters. The minimum Gasteiger partial charge on any atom is -0.496 e. The maximum atomic E-state index is 12.7. The second kappa shape index (κ2) is 5.41. The van der Waals surface area contributed by atoms with Crippen LogP contribution in [-0.2, 0) is 13.1 Å². The van der Waals surface area contributed by atoms with Crippen molar-refractivity contribution in [3.8, 4) is 5.75 Å². The lowest BCUT2D eigenvalue weighted by molar-refractivity contribution is 0.0748. The molecular formula is C16H15BrN2O2. The predicted molar refractivity (Wildman–Crippen MR) is 85.1 cm³/mol. The van der Waals surface area contributed by atoms with E-state index in [9.17, 15) is 4.79 Å². The molecule has 0 spiro atoms. The molecule has 0 saturated carbocycles. The smallest absolute Gasteiger partial charge is 0.258 e. The molecule has 0 aromatic heterocycles. The molecule has 4 nitrogen and oxygen atoms in total. The number of nitrogens with zero attached hydrogens (tertiary/aromatic N) is 1. The molecule has 1 amide bonds. The summed E-state index contributed by atoms with van der Waals surface area (Å²) in [6, 6.07) is 11.2. The van der Waals surface area contributed by atoms with Gasteiger partial charge in [-0.25, -0.2) is 0 Å². The summed E-state index contributed by atoms with van der Waals surface area (Å²) >= 11 is 3.38. The number of halogens is 1. The number of ether oxygens (including phenoxy) is 1. The largest absolute Gasteiger partial charge is 0.496 e. The maximum absolute atomic E-state index is 12.7. The Morgan fingerprint density at radius 3 is 2.71 bits per heavy atom. The topological polar surface area (TPSA) is 55.6 Å². The Morgan fingerprint density at radius 2 is 1.95 bits per heavy atom. The van der Waals surface area contributed by atoms with E-state index in [1.165, 1.54) is 0 Å². The highest BCUT2D eigenvalue weighted by Crippen LogP contribution is 2.29. The highest BCUT2D eigenvalue weighted by atomic mass is 79.9. The average molecular weight is 347 g/mol. The fourth-order valence-electron chi connectivity index (χ4n) is 2.57. The zero-order valence-corrected chi connectivity index (χ0v) is 13.2. The maximum Gasteiger partial charge on any atom is 0.258 e. The molecule has 1 aliphatic heterocycles. The molecule has 2 aromatic rings. The third-order valence-corrected chi connectivity index (χ3v) is 4.13. The second-order valence-electron chi connectivity index (χ2n) is 5.03. The van der Waals surface area contributed by atoms with Crippen LogP contribution in [0.1, 0.15) is 21.5 Å². The van der Waals surface area contributed by atoms with Crippen molar-refractivity contribution in [2.24, 2.45) is 0 Å². The molecule has 108 valence electrons. The number of fused-ring (bicyclic) bond motifs is 1. The van der Waals surface area contributed by atoms with Crippen molar-refractivity contribution < 1.29 is 9.53 Å². The summed E-state index contributed by atoms with van der Waals surface area (Å²) in [5.41, 5.74) is 9.35. The van der Waals surface area contributed by atoms with Gasteiger partial charge in [0.2, 0.25) is 0 Å². The summed E-state index contributed by atoms with van der Waals surface area (Å²) in [6.07, 6.45) is 0. The van der Waals surface area contributed by atoms with E-state index in [2.05, 4.69) is 15.9 Å². The van der Waals surface area contributed by atoms with E-state index in [0.717, 1.165) is 21.3 Å². The van der Waals surface area contributed by atoms with Crippen molar-refractivity contribution in [1.29, 1.82) is 0 Å². The molecule has 0 saturated heterocycles. The lowest BCUT2D eigenvalue weighted by Crippen LogP contribution is -2.25.